The van der Waals surface area contributed by atoms with Crippen molar-refractivity contribution in [2.24, 2.45) is 5.92 Å². The number of rotatable bonds is 13. The van der Waals surface area contributed by atoms with Crippen molar-refractivity contribution >= 4 is 11.9 Å². The monoisotopic (exact) mass is 530 g/mol. The number of aromatic carboxylic acids is 2. The molecule has 6 nitrogen and oxygen atoms in total. The summed E-state index contributed by atoms with van der Waals surface area (Å²) in [4.78, 5) is 20.4. The SMILES string of the molecule is C=CCCC(CC)CCCC.CCCC(O)CC(C)O.O=C(O)c1ccccc1.O=C(O)c1ccccc1. The Labute approximate surface area is 230 Å². The van der Waals surface area contributed by atoms with Gasteiger partial charge in [0, 0.05) is 0 Å². The van der Waals surface area contributed by atoms with Crippen molar-refractivity contribution in [2.45, 2.75) is 97.7 Å². The van der Waals surface area contributed by atoms with Gasteiger partial charge in [0.25, 0.3) is 0 Å². The molecule has 2 aromatic carbocycles. The summed E-state index contributed by atoms with van der Waals surface area (Å²) in [6.07, 6.45) is 11.7. The fraction of sp³-hybridized carbons (Fsp3) is 0.500. The first-order valence-electron chi connectivity index (χ1n) is 13.7. The summed E-state index contributed by atoms with van der Waals surface area (Å²) < 4.78 is 0. The van der Waals surface area contributed by atoms with Gasteiger partial charge in [-0.05, 0) is 62.8 Å². The van der Waals surface area contributed by atoms with Crippen LogP contribution < -0.4 is 0 Å². The Balaban J connectivity index is 0. The van der Waals surface area contributed by atoms with E-state index in [1.54, 1.807) is 67.6 Å². The fourth-order valence-corrected chi connectivity index (χ4v) is 3.41. The Hall–Kier alpha value is -2.96. The number of carboxylic acids is 2. The molecule has 4 N–H and O–H groups in total. The third-order valence-corrected chi connectivity index (χ3v) is 5.60. The van der Waals surface area contributed by atoms with Gasteiger partial charge in [0.15, 0.2) is 0 Å². The average molecular weight is 531 g/mol. The van der Waals surface area contributed by atoms with Gasteiger partial charge >= 0.3 is 11.9 Å². The minimum Gasteiger partial charge on any atom is -0.478 e. The van der Waals surface area contributed by atoms with Crippen LogP contribution in [-0.4, -0.2) is 44.6 Å². The van der Waals surface area contributed by atoms with Crippen LogP contribution in [0.15, 0.2) is 73.3 Å². The lowest BCUT2D eigenvalue weighted by Gasteiger charge is -2.12. The molecule has 0 radical (unpaired) electrons. The summed E-state index contributed by atoms with van der Waals surface area (Å²) in [5.41, 5.74) is 0.662. The molecular formula is C32H50O6. The van der Waals surface area contributed by atoms with Crippen molar-refractivity contribution in [3.05, 3.63) is 84.4 Å². The third kappa shape index (κ3) is 23.4. The summed E-state index contributed by atoms with van der Waals surface area (Å²) in [6, 6.07) is 16.6. The molecule has 0 amide bonds. The van der Waals surface area contributed by atoms with Crippen LogP contribution in [-0.2, 0) is 0 Å². The highest BCUT2D eigenvalue weighted by atomic mass is 16.4. The highest BCUT2D eigenvalue weighted by molar-refractivity contribution is 5.87. The van der Waals surface area contributed by atoms with Crippen LogP contribution in [0.4, 0.5) is 0 Å². The second-order valence-corrected chi connectivity index (χ2v) is 9.15. The lowest BCUT2D eigenvalue weighted by atomic mass is 9.94. The van der Waals surface area contributed by atoms with Crippen LogP contribution in [0, 0.1) is 5.92 Å². The maximum absolute atomic E-state index is 10.2. The van der Waals surface area contributed by atoms with Gasteiger partial charge in [0.05, 0.1) is 23.3 Å². The number of hydrogen-bond donors (Lipinski definition) is 4. The van der Waals surface area contributed by atoms with Crippen molar-refractivity contribution in [1.82, 2.24) is 0 Å². The summed E-state index contributed by atoms with van der Waals surface area (Å²) in [5.74, 6) is -0.806. The molecule has 0 saturated carbocycles. The molecule has 0 fully saturated rings. The van der Waals surface area contributed by atoms with Gasteiger partial charge in [-0.15, -0.1) is 6.58 Å². The quantitative estimate of drug-likeness (QED) is 0.196. The summed E-state index contributed by atoms with van der Waals surface area (Å²) in [7, 11) is 0. The number of carbonyl (C=O) groups is 2. The van der Waals surface area contributed by atoms with E-state index in [9.17, 15) is 9.59 Å². The summed E-state index contributed by atoms with van der Waals surface area (Å²) >= 11 is 0. The van der Waals surface area contributed by atoms with E-state index < -0.39 is 11.9 Å². The van der Waals surface area contributed by atoms with E-state index in [4.69, 9.17) is 20.4 Å². The Kier molecular flexibility index (Phi) is 25.1. The Morgan fingerprint density at radius 2 is 1.26 bits per heavy atom. The van der Waals surface area contributed by atoms with Crippen molar-refractivity contribution in [3.63, 3.8) is 0 Å². The lowest BCUT2D eigenvalue weighted by molar-refractivity contribution is 0.0686. The first-order chi connectivity index (χ1) is 18.1. The lowest BCUT2D eigenvalue weighted by Crippen LogP contribution is -2.13. The van der Waals surface area contributed by atoms with E-state index in [0.717, 1.165) is 18.8 Å². The molecule has 0 aliphatic rings. The van der Waals surface area contributed by atoms with E-state index in [-0.39, 0.29) is 12.2 Å². The number of hydrogen-bond acceptors (Lipinski definition) is 4. The van der Waals surface area contributed by atoms with Gasteiger partial charge in [-0.3, -0.25) is 0 Å². The third-order valence-electron chi connectivity index (χ3n) is 5.60. The normalized spacial score (nSPS) is 12.1. The molecule has 38 heavy (non-hydrogen) atoms. The second kappa shape index (κ2) is 25.7. The number of carboxylic acid groups (broad SMARTS) is 2. The zero-order valence-electron chi connectivity index (χ0n) is 23.8. The van der Waals surface area contributed by atoms with Crippen LogP contribution in [0.5, 0.6) is 0 Å². The minimum absolute atomic E-state index is 0.310. The maximum atomic E-state index is 10.2. The van der Waals surface area contributed by atoms with Gasteiger partial charge in [0.2, 0.25) is 0 Å². The molecule has 0 aliphatic carbocycles. The highest BCUT2D eigenvalue weighted by Gasteiger charge is 2.05. The Bertz CT molecular complexity index is 771. The van der Waals surface area contributed by atoms with E-state index in [0.29, 0.717) is 17.5 Å². The van der Waals surface area contributed by atoms with Gasteiger partial charge in [-0.2, -0.15) is 0 Å². The molecule has 0 aliphatic heterocycles. The fourth-order valence-electron chi connectivity index (χ4n) is 3.41. The molecule has 0 heterocycles. The molecular weight excluding hydrogens is 480 g/mol. The zero-order chi connectivity index (χ0) is 29.2. The predicted molar refractivity (Wildman–Crippen MR) is 157 cm³/mol. The zero-order valence-corrected chi connectivity index (χ0v) is 23.8. The molecule has 0 aromatic heterocycles. The molecule has 2 rings (SSSR count). The molecule has 3 unspecified atom stereocenters. The predicted octanol–water partition coefficient (Wildman–Crippen LogP) is 7.86. The molecule has 6 heteroatoms. The van der Waals surface area contributed by atoms with Crippen molar-refractivity contribution in [1.29, 1.82) is 0 Å². The number of aliphatic hydroxyl groups excluding tert-OH is 2. The van der Waals surface area contributed by atoms with Crippen LogP contribution >= 0.6 is 0 Å². The van der Waals surface area contributed by atoms with Crippen molar-refractivity contribution < 1.29 is 30.0 Å². The first kappa shape index (κ1) is 37.2. The molecule has 3 atom stereocenters. The average Bonchev–Trinajstić information content (AvgIpc) is 2.90. The summed E-state index contributed by atoms with van der Waals surface area (Å²) in [6.45, 7) is 12.0. The van der Waals surface area contributed by atoms with Crippen molar-refractivity contribution in [2.75, 3.05) is 0 Å². The Morgan fingerprint density at radius 1 is 0.789 bits per heavy atom. The second-order valence-electron chi connectivity index (χ2n) is 9.15. The molecule has 2 aromatic rings. The topological polar surface area (TPSA) is 115 Å². The van der Waals surface area contributed by atoms with Gasteiger partial charge in [-0.1, -0.05) is 95.3 Å². The minimum atomic E-state index is -0.879. The van der Waals surface area contributed by atoms with Crippen LogP contribution in [0.25, 0.3) is 0 Å². The smallest absolute Gasteiger partial charge is 0.335 e. The number of allylic oxidation sites excluding steroid dienone is 1. The van der Waals surface area contributed by atoms with Gasteiger partial charge in [-0.25, -0.2) is 9.59 Å². The van der Waals surface area contributed by atoms with E-state index in [1.165, 1.54) is 38.5 Å². The number of unbranched alkanes of at least 4 members (excludes halogenated alkanes) is 1. The van der Waals surface area contributed by atoms with Crippen LogP contribution in [0.2, 0.25) is 0 Å². The van der Waals surface area contributed by atoms with E-state index in [1.807, 2.05) is 13.0 Å². The molecule has 0 bridgehead atoms. The van der Waals surface area contributed by atoms with E-state index in [2.05, 4.69) is 20.4 Å². The van der Waals surface area contributed by atoms with Crippen LogP contribution in [0.3, 0.4) is 0 Å². The standard InChI is InChI=1S/C11H22.2C7H6O2.C7H16O2/c1-4-7-9-11(6-3)10-8-5-2;2*8-7(9)6-4-2-1-3-5-6;1-3-4-7(9)5-6(2)8/h4,11H,1,5-10H2,2-3H3;2*1-5H,(H,8,9);6-9H,3-5H2,1-2H3. The summed E-state index contributed by atoms with van der Waals surface area (Å²) in [5, 5.41) is 34.6. The van der Waals surface area contributed by atoms with Crippen molar-refractivity contribution in [3.8, 4) is 0 Å². The van der Waals surface area contributed by atoms with E-state index >= 15 is 0 Å². The first-order valence-corrected chi connectivity index (χ1v) is 13.7. The van der Waals surface area contributed by atoms with Gasteiger partial charge in [0.1, 0.15) is 0 Å². The largest absolute Gasteiger partial charge is 0.478 e. The number of aliphatic hydroxyl groups is 2. The Morgan fingerprint density at radius 3 is 1.55 bits per heavy atom. The highest BCUT2D eigenvalue weighted by Crippen LogP contribution is 2.18. The maximum Gasteiger partial charge on any atom is 0.335 e. The molecule has 0 spiro atoms. The molecule has 0 saturated heterocycles. The molecule has 214 valence electrons. The van der Waals surface area contributed by atoms with Crippen LogP contribution in [0.1, 0.15) is 106 Å². The van der Waals surface area contributed by atoms with Gasteiger partial charge < -0.3 is 20.4 Å². The number of benzene rings is 2.